The molecule has 5 heteroatoms. The van der Waals surface area contributed by atoms with Gasteiger partial charge in [-0.1, -0.05) is 0 Å². The highest BCUT2D eigenvalue weighted by Gasteiger charge is 2.23. The van der Waals surface area contributed by atoms with Crippen LogP contribution in [0.5, 0.6) is 0 Å². The van der Waals surface area contributed by atoms with E-state index in [4.69, 9.17) is 4.74 Å². The van der Waals surface area contributed by atoms with Crippen LogP contribution in [-0.2, 0) is 9.53 Å². The molecule has 0 aliphatic carbocycles. The Bertz CT molecular complexity index is 383. The first kappa shape index (κ1) is 11.9. The molecule has 5 nitrogen and oxygen atoms in total. The Morgan fingerprint density at radius 1 is 1.53 bits per heavy atom. The van der Waals surface area contributed by atoms with Crippen LogP contribution < -0.4 is 10.2 Å². The molecule has 17 heavy (non-hydrogen) atoms. The number of nitrogens with one attached hydrogen (secondary N) is 1. The van der Waals surface area contributed by atoms with Gasteiger partial charge in [-0.3, -0.25) is 4.79 Å². The van der Waals surface area contributed by atoms with Gasteiger partial charge in [-0.15, -0.1) is 0 Å². The Kier molecular flexibility index (Phi) is 3.58. The van der Waals surface area contributed by atoms with Crippen LogP contribution in [0.25, 0.3) is 0 Å². The number of carbonyl (C=O) groups is 1. The normalized spacial score (nSPS) is 19.1. The standard InChI is InChI=1S/C12H17N3O2/c1-15(2)11-6-5-9(8-13-11)14-12(16)10-4-3-7-17-10/h5-6,8,10H,3-4,7H2,1-2H3,(H,14,16)/t10-/m0/s1. The second kappa shape index (κ2) is 5.14. The molecule has 1 fully saturated rings. The predicted octanol–water partition coefficient (Wildman–Crippen LogP) is 1.27. The van der Waals surface area contributed by atoms with Crippen molar-refractivity contribution in [2.24, 2.45) is 0 Å². The highest BCUT2D eigenvalue weighted by atomic mass is 16.5. The lowest BCUT2D eigenvalue weighted by Gasteiger charge is -2.13. The van der Waals surface area contributed by atoms with Crippen LogP contribution in [0.4, 0.5) is 11.5 Å². The largest absolute Gasteiger partial charge is 0.368 e. The SMILES string of the molecule is CN(C)c1ccc(NC(=O)[C@@H]2CCCO2)cn1. The molecule has 92 valence electrons. The van der Waals surface area contributed by atoms with E-state index in [0.29, 0.717) is 12.3 Å². The molecule has 1 saturated heterocycles. The Morgan fingerprint density at radius 3 is 2.88 bits per heavy atom. The maximum atomic E-state index is 11.8. The van der Waals surface area contributed by atoms with E-state index in [9.17, 15) is 4.79 Å². The average molecular weight is 235 g/mol. The smallest absolute Gasteiger partial charge is 0.253 e. The molecule has 1 amide bonds. The maximum absolute atomic E-state index is 11.8. The zero-order valence-electron chi connectivity index (χ0n) is 10.1. The number of carbonyl (C=O) groups excluding carboxylic acids is 1. The summed E-state index contributed by atoms with van der Waals surface area (Å²) < 4.78 is 5.31. The summed E-state index contributed by atoms with van der Waals surface area (Å²) in [5, 5.41) is 2.81. The van der Waals surface area contributed by atoms with Crippen LogP contribution in [0.3, 0.4) is 0 Å². The molecule has 0 aromatic carbocycles. The molecule has 1 aliphatic rings. The van der Waals surface area contributed by atoms with E-state index in [1.807, 2.05) is 31.1 Å². The number of nitrogens with zero attached hydrogens (tertiary/aromatic N) is 2. The van der Waals surface area contributed by atoms with E-state index < -0.39 is 0 Å². The van der Waals surface area contributed by atoms with Gasteiger partial charge in [0.05, 0.1) is 11.9 Å². The minimum Gasteiger partial charge on any atom is -0.368 e. The zero-order valence-corrected chi connectivity index (χ0v) is 10.1. The number of ether oxygens (including phenoxy) is 1. The summed E-state index contributed by atoms with van der Waals surface area (Å²) in [6, 6.07) is 3.71. The van der Waals surface area contributed by atoms with Crippen molar-refractivity contribution < 1.29 is 9.53 Å². The van der Waals surface area contributed by atoms with Crippen LogP contribution in [0.2, 0.25) is 0 Å². The Labute approximate surface area is 101 Å². The topological polar surface area (TPSA) is 54.5 Å². The zero-order chi connectivity index (χ0) is 12.3. The van der Waals surface area contributed by atoms with E-state index in [1.165, 1.54) is 0 Å². The van der Waals surface area contributed by atoms with Crippen molar-refractivity contribution in [1.29, 1.82) is 0 Å². The van der Waals surface area contributed by atoms with Crippen molar-refractivity contribution in [3.63, 3.8) is 0 Å². The molecule has 2 rings (SSSR count). The molecule has 1 N–H and O–H groups in total. The van der Waals surface area contributed by atoms with Gasteiger partial charge in [0.15, 0.2) is 0 Å². The molecule has 1 aromatic rings. The third-order valence-corrected chi connectivity index (χ3v) is 2.70. The van der Waals surface area contributed by atoms with Crippen molar-refractivity contribution in [3.8, 4) is 0 Å². The summed E-state index contributed by atoms with van der Waals surface area (Å²) in [6.07, 6.45) is 3.11. The maximum Gasteiger partial charge on any atom is 0.253 e. The van der Waals surface area contributed by atoms with Gasteiger partial charge in [-0.05, 0) is 25.0 Å². The summed E-state index contributed by atoms with van der Waals surface area (Å²) in [6.45, 7) is 0.676. The van der Waals surface area contributed by atoms with Crippen LogP contribution in [0, 0.1) is 0 Å². The molecule has 0 radical (unpaired) electrons. The number of hydrogen-bond acceptors (Lipinski definition) is 4. The van der Waals surface area contributed by atoms with Crippen molar-refractivity contribution in [1.82, 2.24) is 4.98 Å². The Balaban J connectivity index is 1.96. The van der Waals surface area contributed by atoms with E-state index in [2.05, 4.69) is 10.3 Å². The minimum absolute atomic E-state index is 0.0816. The fourth-order valence-corrected chi connectivity index (χ4v) is 1.73. The summed E-state index contributed by atoms with van der Waals surface area (Å²) in [5.41, 5.74) is 0.705. The average Bonchev–Trinajstić information content (AvgIpc) is 2.83. The quantitative estimate of drug-likeness (QED) is 0.857. The third-order valence-electron chi connectivity index (χ3n) is 2.70. The van der Waals surface area contributed by atoms with E-state index in [1.54, 1.807) is 6.20 Å². The highest BCUT2D eigenvalue weighted by molar-refractivity contribution is 5.94. The number of anilines is 2. The number of amides is 1. The van der Waals surface area contributed by atoms with Crippen LogP contribution >= 0.6 is 0 Å². The van der Waals surface area contributed by atoms with Gasteiger partial charge in [0.2, 0.25) is 0 Å². The second-order valence-electron chi connectivity index (χ2n) is 4.29. The Morgan fingerprint density at radius 2 is 2.35 bits per heavy atom. The first-order valence-corrected chi connectivity index (χ1v) is 5.72. The minimum atomic E-state index is -0.302. The summed E-state index contributed by atoms with van der Waals surface area (Å²) in [5.74, 6) is 0.780. The summed E-state index contributed by atoms with van der Waals surface area (Å²) in [4.78, 5) is 17.9. The van der Waals surface area contributed by atoms with Crippen LogP contribution in [0.15, 0.2) is 18.3 Å². The lowest BCUT2D eigenvalue weighted by molar-refractivity contribution is -0.124. The predicted molar refractivity (Wildman–Crippen MR) is 66.2 cm³/mol. The van der Waals surface area contributed by atoms with Crippen molar-refractivity contribution in [2.45, 2.75) is 18.9 Å². The number of hydrogen-bond donors (Lipinski definition) is 1. The van der Waals surface area contributed by atoms with E-state index >= 15 is 0 Å². The van der Waals surface area contributed by atoms with Crippen molar-refractivity contribution in [2.75, 3.05) is 30.9 Å². The van der Waals surface area contributed by atoms with Gasteiger partial charge in [0.1, 0.15) is 11.9 Å². The monoisotopic (exact) mass is 235 g/mol. The van der Waals surface area contributed by atoms with Crippen molar-refractivity contribution in [3.05, 3.63) is 18.3 Å². The summed E-state index contributed by atoms with van der Waals surface area (Å²) in [7, 11) is 3.85. The molecule has 0 saturated carbocycles. The number of pyridine rings is 1. The molecule has 1 aliphatic heterocycles. The lowest BCUT2D eigenvalue weighted by Crippen LogP contribution is -2.26. The van der Waals surface area contributed by atoms with Crippen molar-refractivity contribution >= 4 is 17.4 Å². The third kappa shape index (κ3) is 2.94. The highest BCUT2D eigenvalue weighted by Crippen LogP contribution is 2.16. The van der Waals surface area contributed by atoms with E-state index in [0.717, 1.165) is 18.7 Å². The second-order valence-corrected chi connectivity index (χ2v) is 4.29. The first-order valence-electron chi connectivity index (χ1n) is 5.72. The van der Waals surface area contributed by atoms with Gasteiger partial charge in [-0.25, -0.2) is 4.98 Å². The number of rotatable bonds is 3. The number of aromatic nitrogens is 1. The molecule has 1 aromatic heterocycles. The molecular formula is C12H17N3O2. The molecule has 0 bridgehead atoms. The summed E-state index contributed by atoms with van der Waals surface area (Å²) >= 11 is 0. The Hall–Kier alpha value is -1.62. The molecule has 0 spiro atoms. The van der Waals surface area contributed by atoms with Gasteiger partial charge < -0.3 is 15.0 Å². The van der Waals surface area contributed by atoms with Gasteiger partial charge in [0, 0.05) is 20.7 Å². The van der Waals surface area contributed by atoms with Crippen LogP contribution in [0.1, 0.15) is 12.8 Å². The fourth-order valence-electron chi connectivity index (χ4n) is 1.73. The molecule has 1 atom stereocenters. The van der Waals surface area contributed by atoms with Crippen LogP contribution in [-0.4, -0.2) is 37.7 Å². The molecular weight excluding hydrogens is 218 g/mol. The van der Waals surface area contributed by atoms with Gasteiger partial charge in [0.25, 0.3) is 5.91 Å². The lowest BCUT2D eigenvalue weighted by atomic mass is 10.2. The van der Waals surface area contributed by atoms with Gasteiger partial charge in [-0.2, -0.15) is 0 Å². The van der Waals surface area contributed by atoms with E-state index in [-0.39, 0.29) is 12.0 Å². The van der Waals surface area contributed by atoms with Gasteiger partial charge >= 0.3 is 0 Å². The molecule has 0 unspecified atom stereocenters. The molecule has 2 heterocycles. The fraction of sp³-hybridized carbons (Fsp3) is 0.500. The first-order chi connectivity index (χ1) is 8.16.